The second-order valence-corrected chi connectivity index (χ2v) is 5.36. The maximum absolute atomic E-state index is 6.22. The number of nitrogens with zero attached hydrogens (tertiary/aromatic N) is 5. The molecule has 3 rings (SSSR count). The number of hydrogen-bond acceptors (Lipinski definition) is 6. The summed E-state index contributed by atoms with van der Waals surface area (Å²) in [5.41, 5.74) is 0.996. The summed E-state index contributed by atoms with van der Waals surface area (Å²) in [6, 6.07) is 2.01. The number of pyridine rings is 1. The van der Waals surface area contributed by atoms with Crippen LogP contribution in [0.15, 0.2) is 23.0 Å². The lowest BCUT2D eigenvalue weighted by Gasteiger charge is -2.39. The summed E-state index contributed by atoms with van der Waals surface area (Å²) in [6.45, 7) is 4.41. The first kappa shape index (κ1) is 13.3. The molecule has 0 radical (unpaired) electrons. The molecule has 0 saturated carbocycles. The Kier molecular flexibility index (Phi) is 3.58. The van der Waals surface area contributed by atoms with Crippen LogP contribution in [-0.4, -0.2) is 46.7 Å². The molecule has 20 heavy (non-hydrogen) atoms. The molecule has 7 heteroatoms. The Morgan fingerprint density at radius 3 is 2.95 bits per heavy atom. The van der Waals surface area contributed by atoms with Gasteiger partial charge in [-0.15, -0.1) is 0 Å². The Labute approximate surface area is 122 Å². The van der Waals surface area contributed by atoms with Gasteiger partial charge >= 0.3 is 0 Å². The Bertz CT molecular complexity index is 602. The quantitative estimate of drug-likeness (QED) is 0.843. The van der Waals surface area contributed by atoms with Crippen molar-refractivity contribution in [1.82, 2.24) is 20.0 Å². The van der Waals surface area contributed by atoms with E-state index in [1.807, 2.05) is 13.0 Å². The third kappa shape index (κ3) is 2.48. The predicted octanol–water partition coefficient (Wildman–Crippen LogP) is 1.92. The smallest absolute Gasteiger partial charge is 0.245 e. The fourth-order valence-corrected chi connectivity index (χ4v) is 2.67. The number of aryl methyl sites for hydroxylation is 1. The number of piperazine rings is 1. The lowest BCUT2D eigenvalue weighted by molar-refractivity contribution is 0.177. The number of halogens is 1. The van der Waals surface area contributed by atoms with Crippen molar-refractivity contribution >= 4 is 17.3 Å². The van der Waals surface area contributed by atoms with Crippen LogP contribution in [0.3, 0.4) is 0 Å². The Balaban J connectivity index is 1.85. The van der Waals surface area contributed by atoms with E-state index in [4.69, 9.17) is 16.1 Å². The molecule has 2 aromatic rings. The highest BCUT2D eigenvalue weighted by Gasteiger charge is 2.30. The van der Waals surface area contributed by atoms with E-state index in [0.717, 1.165) is 25.3 Å². The zero-order chi connectivity index (χ0) is 14.1. The van der Waals surface area contributed by atoms with Gasteiger partial charge in [-0.25, -0.2) is 0 Å². The average molecular weight is 294 g/mol. The van der Waals surface area contributed by atoms with Gasteiger partial charge in [-0.3, -0.25) is 9.88 Å². The number of anilines is 1. The maximum Gasteiger partial charge on any atom is 0.245 e. The molecule has 3 heterocycles. The van der Waals surface area contributed by atoms with Crippen molar-refractivity contribution in [1.29, 1.82) is 0 Å². The fourth-order valence-electron chi connectivity index (χ4n) is 2.43. The third-order valence-corrected chi connectivity index (χ3v) is 3.86. The van der Waals surface area contributed by atoms with Gasteiger partial charge in [0.1, 0.15) is 6.04 Å². The van der Waals surface area contributed by atoms with E-state index in [-0.39, 0.29) is 6.04 Å². The lowest BCUT2D eigenvalue weighted by Crippen LogP contribution is -2.47. The molecule has 0 bridgehead atoms. The van der Waals surface area contributed by atoms with E-state index in [0.29, 0.717) is 16.7 Å². The molecule has 1 saturated heterocycles. The molecule has 1 fully saturated rings. The van der Waals surface area contributed by atoms with E-state index in [9.17, 15) is 0 Å². The molecule has 106 valence electrons. The van der Waals surface area contributed by atoms with Crippen LogP contribution >= 0.6 is 11.6 Å². The molecule has 1 aliphatic heterocycles. The van der Waals surface area contributed by atoms with E-state index >= 15 is 0 Å². The minimum atomic E-state index is 0.0779. The summed E-state index contributed by atoms with van der Waals surface area (Å²) in [7, 11) is 2.07. The molecule has 1 atom stereocenters. The first-order valence-electron chi connectivity index (χ1n) is 6.50. The summed E-state index contributed by atoms with van der Waals surface area (Å²) in [6.07, 6.45) is 3.42. The molecule has 2 aromatic heterocycles. The monoisotopic (exact) mass is 293 g/mol. The zero-order valence-electron chi connectivity index (χ0n) is 11.5. The SMILES string of the molecule is Cc1noc([C@H]2CN(c3ccncc3Cl)CCN2C)n1. The minimum absolute atomic E-state index is 0.0779. The van der Waals surface area contributed by atoms with Crippen LogP contribution in [0.25, 0.3) is 0 Å². The first-order chi connectivity index (χ1) is 9.65. The van der Waals surface area contributed by atoms with Crippen LogP contribution in [0, 0.1) is 6.92 Å². The van der Waals surface area contributed by atoms with E-state index < -0.39 is 0 Å². The highest BCUT2D eigenvalue weighted by atomic mass is 35.5. The molecular formula is C13H16ClN5O. The largest absolute Gasteiger partial charge is 0.367 e. The Morgan fingerprint density at radius 1 is 1.40 bits per heavy atom. The molecule has 6 nitrogen and oxygen atoms in total. The summed E-state index contributed by atoms with van der Waals surface area (Å²) < 4.78 is 5.31. The molecule has 1 aliphatic rings. The number of hydrogen-bond donors (Lipinski definition) is 0. The van der Waals surface area contributed by atoms with Gasteiger partial charge in [-0.05, 0) is 20.0 Å². The van der Waals surface area contributed by atoms with Crippen LogP contribution in [-0.2, 0) is 0 Å². The molecule has 0 N–H and O–H groups in total. The van der Waals surface area contributed by atoms with Crippen LogP contribution < -0.4 is 4.90 Å². The van der Waals surface area contributed by atoms with Crippen LogP contribution in [0.4, 0.5) is 5.69 Å². The van der Waals surface area contributed by atoms with E-state index in [1.54, 1.807) is 12.4 Å². The summed E-state index contributed by atoms with van der Waals surface area (Å²) in [5, 5.41) is 4.54. The van der Waals surface area contributed by atoms with Gasteiger partial charge in [0.2, 0.25) is 5.89 Å². The van der Waals surface area contributed by atoms with Crippen molar-refractivity contribution in [2.24, 2.45) is 0 Å². The number of likely N-dealkylation sites (N-methyl/N-ethyl adjacent to an activating group) is 1. The molecule has 0 amide bonds. The second kappa shape index (κ2) is 5.38. The highest BCUT2D eigenvalue weighted by Crippen LogP contribution is 2.30. The molecule has 0 unspecified atom stereocenters. The van der Waals surface area contributed by atoms with Gasteiger partial charge in [-0.1, -0.05) is 16.8 Å². The van der Waals surface area contributed by atoms with Crippen molar-refractivity contribution in [2.45, 2.75) is 13.0 Å². The Hall–Kier alpha value is -1.66. The Morgan fingerprint density at radius 2 is 2.25 bits per heavy atom. The van der Waals surface area contributed by atoms with Crippen molar-refractivity contribution in [3.05, 3.63) is 35.2 Å². The maximum atomic E-state index is 6.22. The highest BCUT2D eigenvalue weighted by molar-refractivity contribution is 6.33. The number of rotatable bonds is 2. The summed E-state index contributed by atoms with van der Waals surface area (Å²) in [5.74, 6) is 1.31. The summed E-state index contributed by atoms with van der Waals surface area (Å²) in [4.78, 5) is 12.8. The normalized spacial score (nSPS) is 20.4. The van der Waals surface area contributed by atoms with Crippen LogP contribution in [0.1, 0.15) is 17.8 Å². The van der Waals surface area contributed by atoms with Gasteiger partial charge in [0.05, 0.1) is 10.7 Å². The van der Waals surface area contributed by atoms with Crippen molar-refractivity contribution in [3.8, 4) is 0 Å². The van der Waals surface area contributed by atoms with Gasteiger partial charge in [0.25, 0.3) is 0 Å². The zero-order valence-corrected chi connectivity index (χ0v) is 12.2. The molecule has 0 aromatic carbocycles. The minimum Gasteiger partial charge on any atom is -0.367 e. The third-order valence-electron chi connectivity index (χ3n) is 3.57. The van der Waals surface area contributed by atoms with Crippen molar-refractivity contribution in [3.63, 3.8) is 0 Å². The first-order valence-corrected chi connectivity index (χ1v) is 6.88. The molecule has 0 spiro atoms. The fraction of sp³-hybridized carbons (Fsp3) is 0.462. The van der Waals surface area contributed by atoms with Gasteiger partial charge in [0.15, 0.2) is 5.82 Å². The van der Waals surface area contributed by atoms with Crippen molar-refractivity contribution < 1.29 is 4.52 Å². The summed E-state index contributed by atoms with van der Waals surface area (Å²) >= 11 is 6.22. The van der Waals surface area contributed by atoms with Crippen LogP contribution in [0.5, 0.6) is 0 Å². The van der Waals surface area contributed by atoms with Crippen LogP contribution in [0.2, 0.25) is 5.02 Å². The number of aromatic nitrogens is 3. The second-order valence-electron chi connectivity index (χ2n) is 4.95. The van der Waals surface area contributed by atoms with Gasteiger partial charge < -0.3 is 9.42 Å². The lowest BCUT2D eigenvalue weighted by atomic mass is 10.1. The van der Waals surface area contributed by atoms with Gasteiger partial charge in [-0.2, -0.15) is 4.98 Å². The average Bonchev–Trinajstić information content (AvgIpc) is 2.87. The topological polar surface area (TPSA) is 58.3 Å². The van der Waals surface area contributed by atoms with E-state index in [1.165, 1.54) is 0 Å². The van der Waals surface area contributed by atoms with Crippen molar-refractivity contribution in [2.75, 3.05) is 31.6 Å². The predicted molar refractivity (Wildman–Crippen MR) is 75.9 cm³/mol. The standard InChI is InChI=1S/C13H16ClN5O/c1-9-16-13(20-17-9)12-8-19(6-5-18(12)2)11-3-4-15-7-10(11)14/h3-4,7,12H,5-6,8H2,1-2H3/t12-/m1/s1. The van der Waals surface area contributed by atoms with E-state index in [2.05, 4.69) is 32.0 Å². The molecular weight excluding hydrogens is 278 g/mol. The van der Waals surface area contributed by atoms with Gasteiger partial charge in [0, 0.05) is 32.0 Å². The molecule has 0 aliphatic carbocycles.